The number of carbonyl (C=O) groups is 1. The average molecular weight is 373 g/mol. The van der Waals surface area contributed by atoms with Gasteiger partial charge in [-0.25, -0.2) is 4.39 Å². The molecule has 8 heteroatoms. The van der Waals surface area contributed by atoms with Gasteiger partial charge >= 0.3 is 5.51 Å². The molecular weight excluding hydrogens is 358 g/mol. The number of hydrogen-bond acceptors (Lipinski definition) is 3. The van der Waals surface area contributed by atoms with Crippen LogP contribution in [-0.2, 0) is 6.54 Å². The van der Waals surface area contributed by atoms with Crippen LogP contribution in [0.15, 0.2) is 47.4 Å². The molecule has 0 aliphatic carbocycles. The van der Waals surface area contributed by atoms with Crippen molar-refractivity contribution < 1.29 is 27.1 Å². The van der Waals surface area contributed by atoms with Crippen molar-refractivity contribution in [1.82, 2.24) is 4.90 Å². The molecule has 0 aliphatic heterocycles. The van der Waals surface area contributed by atoms with Gasteiger partial charge in [-0.15, -0.1) is 0 Å². The van der Waals surface area contributed by atoms with Crippen LogP contribution in [0.4, 0.5) is 17.6 Å². The highest BCUT2D eigenvalue weighted by Crippen LogP contribution is 2.36. The zero-order valence-corrected chi connectivity index (χ0v) is 14.2. The fraction of sp³-hybridized carbons (Fsp3) is 0.235. The van der Waals surface area contributed by atoms with Crippen LogP contribution in [0, 0.1) is 5.82 Å². The van der Waals surface area contributed by atoms with Crippen molar-refractivity contribution in [1.29, 1.82) is 0 Å². The smallest absolute Gasteiger partial charge is 0.446 e. The summed E-state index contributed by atoms with van der Waals surface area (Å²) in [6.07, 6.45) is 0. The molecule has 0 saturated carbocycles. The van der Waals surface area contributed by atoms with E-state index < -0.39 is 11.3 Å². The molecule has 25 heavy (non-hydrogen) atoms. The predicted octanol–water partition coefficient (Wildman–Crippen LogP) is 4.72. The van der Waals surface area contributed by atoms with E-state index in [-0.39, 0.29) is 40.4 Å². The van der Waals surface area contributed by atoms with E-state index in [1.54, 1.807) is 6.07 Å². The van der Waals surface area contributed by atoms with Crippen LogP contribution in [0.1, 0.15) is 15.9 Å². The molecule has 0 atom stereocenters. The summed E-state index contributed by atoms with van der Waals surface area (Å²) in [5.41, 5.74) is -3.55. The molecule has 2 rings (SSSR count). The lowest BCUT2D eigenvalue weighted by atomic mass is 10.1. The summed E-state index contributed by atoms with van der Waals surface area (Å²) in [5.74, 6) is -0.801. The molecule has 2 aromatic rings. The van der Waals surface area contributed by atoms with Crippen LogP contribution < -0.4 is 4.74 Å². The van der Waals surface area contributed by atoms with Gasteiger partial charge in [0, 0.05) is 24.1 Å². The van der Waals surface area contributed by atoms with E-state index in [1.165, 1.54) is 55.5 Å². The van der Waals surface area contributed by atoms with Crippen molar-refractivity contribution in [3.8, 4) is 5.75 Å². The molecule has 0 bridgehead atoms. The van der Waals surface area contributed by atoms with Gasteiger partial charge in [-0.2, -0.15) is 13.2 Å². The maximum Gasteiger partial charge on any atom is 0.446 e. The van der Waals surface area contributed by atoms with Crippen molar-refractivity contribution in [2.75, 3.05) is 14.2 Å². The lowest BCUT2D eigenvalue weighted by molar-refractivity contribution is -0.0328. The molecule has 0 aromatic heterocycles. The fourth-order valence-electron chi connectivity index (χ4n) is 2.17. The van der Waals surface area contributed by atoms with E-state index in [0.717, 1.165) is 0 Å². The van der Waals surface area contributed by atoms with Gasteiger partial charge < -0.3 is 9.64 Å². The first-order valence-corrected chi connectivity index (χ1v) is 7.95. The third-order valence-electron chi connectivity index (χ3n) is 3.32. The number of methoxy groups -OCH3 is 1. The summed E-state index contributed by atoms with van der Waals surface area (Å²) in [5, 5.41) is 0. The molecular formula is C17H15F4NO2S. The average Bonchev–Trinajstić information content (AvgIpc) is 2.53. The van der Waals surface area contributed by atoms with Crippen LogP contribution in [-0.4, -0.2) is 30.5 Å². The highest BCUT2D eigenvalue weighted by atomic mass is 32.2. The number of thioether (sulfide) groups is 1. The molecule has 0 unspecified atom stereocenters. The summed E-state index contributed by atoms with van der Waals surface area (Å²) in [6, 6.07) is 9.52. The molecule has 134 valence electrons. The lowest BCUT2D eigenvalue weighted by Crippen LogP contribution is -2.26. The first kappa shape index (κ1) is 19.1. The Morgan fingerprint density at radius 2 is 1.80 bits per heavy atom. The van der Waals surface area contributed by atoms with Gasteiger partial charge in [0.15, 0.2) is 11.6 Å². The minimum atomic E-state index is -4.37. The minimum Gasteiger partial charge on any atom is -0.494 e. The highest BCUT2D eigenvalue weighted by molar-refractivity contribution is 8.00. The van der Waals surface area contributed by atoms with E-state index in [9.17, 15) is 22.4 Å². The topological polar surface area (TPSA) is 29.5 Å². The summed E-state index contributed by atoms with van der Waals surface area (Å²) >= 11 is -0.241. The Labute approximate surface area is 146 Å². The SMILES string of the molecule is COc1ccc(CN(C)C(=O)c2ccc(SC(F)(F)F)cc2)cc1F. The Balaban J connectivity index is 2.05. The maximum absolute atomic E-state index is 13.7. The fourth-order valence-corrected chi connectivity index (χ4v) is 2.71. The zero-order chi connectivity index (χ0) is 18.6. The summed E-state index contributed by atoms with van der Waals surface area (Å²) < 4.78 is 55.4. The van der Waals surface area contributed by atoms with E-state index >= 15 is 0 Å². The van der Waals surface area contributed by atoms with Crippen LogP contribution in [0.5, 0.6) is 5.75 Å². The van der Waals surface area contributed by atoms with Gasteiger partial charge in [-0.1, -0.05) is 6.07 Å². The van der Waals surface area contributed by atoms with Crippen molar-refractivity contribution >= 4 is 17.7 Å². The number of carbonyl (C=O) groups excluding carboxylic acids is 1. The van der Waals surface area contributed by atoms with Crippen molar-refractivity contribution in [3.63, 3.8) is 0 Å². The van der Waals surface area contributed by atoms with Gasteiger partial charge in [-0.05, 0) is 53.7 Å². The van der Waals surface area contributed by atoms with Crippen molar-refractivity contribution in [2.24, 2.45) is 0 Å². The second-order valence-corrected chi connectivity index (χ2v) is 6.34. The number of nitrogens with zero attached hydrogens (tertiary/aromatic N) is 1. The van der Waals surface area contributed by atoms with E-state index in [4.69, 9.17) is 4.74 Å². The zero-order valence-electron chi connectivity index (χ0n) is 13.4. The van der Waals surface area contributed by atoms with Gasteiger partial charge in [0.1, 0.15) is 0 Å². The van der Waals surface area contributed by atoms with Gasteiger partial charge in [0.2, 0.25) is 0 Å². The number of amides is 1. The lowest BCUT2D eigenvalue weighted by Gasteiger charge is -2.18. The molecule has 2 aromatic carbocycles. The normalized spacial score (nSPS) is 11.3. The maximum atomic E-state index is 13.7. The second kappa shape index (κ2) is 7.77. The van der Waals surface area contributed by atoms with E-state index in [0.29, 0.717) is 5.56 Å². The number of ether oxygens (including phenoxy) is 1. The second-order valence-electron chi connectivity index (χ2n) is 5.20. The van der Waals surface area contributed by atoms with E-state index in [1.807, 2.05) is 0 Å². The Bertz CT molecular complexity index is 747. The summed E-state index contributed by atoms with van der Waals surface area (Å²) in [6.45, 7) is 0.152. The van der Waals surface area contributed by atoms with Crippen LogP contribution in [0.25, 0.3) is 0 Å². The summed E-state index contributed by atoms with van der Waals surface area (Å²) in [4.78, 5) is 13.7. The van der Waals surface area contributed by atoms with Gasteiger partial charge in [0.05, 0.1) is 7.11 Å². The first-order valence-electron chi connectivity index (χ1n) is 7.13. The molecule has 0 aliphatic rings. The molecule has 0 radical (unpaired) electrons. The van der Waals surface area contributed by atoms with Crippen LogP contribution >= 0.6 is 11.8 Å². The Morgan fingerprint density at radius 3 is 2.32 bits per heavy atom. The third kappa shape index (κ3) is 5.38. The number of rotatable bonds is 5. The van der Waals surface area contributed by atoms with Crippen molar-refractivity contribution in [3.05, 3.63) is 59.4 Å². The largest absolute Gasteiger partial charge is 0.494 e. The number of alkyl halides is 3. The van der Waals surface area contributed by atoms with Crippen LogP contribution in [0.3, 0.4) is 0 Å². The third-order valence-corrected chi connectivity index (χ3v) is 4.06. The monoisotopic (exact) mass is 373 g/mol. The molecule has 0 N–H and O–H groups in total. The predicted molar refractivity (Wildman–Crippen MR) is 87.1 cm³/mol. The standard InChI is InChI=1S/C17H15F4NO2S/c1-22(10-11-3-8-15(24-2)14(18)9-11)16(23)12-4-6-13(7-5-12)25-17(19,20)21/h3-9H,10H2,1-2H3. The first-order chi connectivity index (χ1) is 11.7. The Hall–Kier alpha value is -2.22. The highest BCUT2D eigenvalue weighted by Gasteiger charge is 2.29. The number of hydrogen-bond donors (Lipinski definition) is 0. The Morgan fingerprint density at radius 1 is 1.16 bits per heavy atom. The van der Waals surface area contributed by atoms with Gasteiger partial charge in [-0.3, -0.25) is 4.79 Å². The molecule has 3 nitrogen and oxygen atoms in total. The van der Waals surface area contributed by atoms with E-state index in [2.05, 4.69) is 0 Å². The van der Waals surface area contributed by atoms with Gasteiger partial charge in [0.25, 0.3) is 5.91 Å². The van der Waals surface area contributed by atoms with Crippen LogP contribution in [0.2, 0.25) is 0 Å². The summed E-state index contributed by atoms with van der Waals surface area (Å²) in [7, 11) is 2.89. The molecule has 0 saturated heterocycles. The number of benzene rings is 2. The quantitative estimate of drug-likeness (QED) is 0.561. The molecule has 0 fully saturated rings. The molecule has 0 heterocycles. The molecule has 1 amide bonds. The minimum absolute atomic E-state index is 0.00364. The number of halogens is 4. The molecule has 0 spiro atoms. The van der Waals surface area contributed by atoms with Crippen molar-refractivity contribution in [2.45, 2.75) is 16.9 Å². The Kier molecular flexibility index (Phi) is 5.94.